The Morgan fingerprint density at radius 3 is 2.89 bits per heavy atom. The van der Waals surface area contributed by atoms with Gasteiger partial charge >= 0.3 is 0 Å². The molecule has 1 aliphatic heterocycles. The van der Waals surface area contributed by atoms with Gasteiger partial charge in [0.2, 0.25) is 11.8 Å². The Bertz CT molecular complexity index is 483. The highest BCUT2D eigenvalue weighted by atomic mass is 16.2. The van der Waals surface area contributed by atoms with Gasteiger partial charge in [-0.15, -0.1) is 0 Å². The van der Waals surface area contributed by atoms with Crippen LogP contribution in [0.25, 0.3) is 0 Å². The van der Waals surface area contributed by atoms with Crippen LogP contribution in [0.3, 0.4) is 0 Å². The van der Waals surface area contributed by atoms with Crippen molar-refractivity contribution in [2.45, 2.75) is 39.2 Å². The van der Waals surface area contributed by atoms with E-state index in [1.54, 1.807) is 0 Å². The van der Waals surface area contributed by atoms with E-state index in [1.165, 1.54) is 0 Å². The third-order valence-electron chi connectivity index (χ3n) is 3.30. The van der Waals surface area contributed by atoms with E-state index >= 15 is 0 Å². The van der Waals surface area contributed by atoms with E-state index in [1.807, 2.05) is 25.1 Å². The topological polar surface area (TPSA) is 58.2 Å². The fraction of sp³-hybridized carbons (Fsp3) is 0.429. The molecular formula is C14H18N2O2. The molecule has 1 saturated heterocycles. The van der Waals surface area contributed by atoms with Gasteiger partial charge in [-0.05, 0) is 30.9 Å². The summed E-state index contributed by atoms with van der Waals surface area (Å²) in [4.78, 5) is 23.2. The van der Waals surface area contributed by atoms with Crippen LogP contribution in [0.15, 0.2) is 18.2 Å². The van der Waals surface area contributed by atoms with E-state index in [-0.39, 0.29) is 17.9 Å². The van der Waals surface area contributed by atoms with Gasteiger partial charge < -0.3 is 10.6 Å². The van der Waals surface area contributed by atoms with Crippen LogP contribution in [0, 0.1) is 6.92 Å². The van der Waals surface area contributed by atoms with Crippen molar-refractivity contribution >= 4 is 17.5 Å². The minimum absolute atomic E-state index is 0.0457. The van der Waals surface area contributed by atoms with Crippen molar-refractivity contribution in [2.24, 2.45) is 0 Å². The molecule has 4 heteroatoms. The number of amides is 2. The van der Waals surface area contributed by atoms with Gasteiger partial charge in [0.05, 0.1) is 0 Å². The molecule has 0 radical (unpaired) electrons. The summed E-state index contributed by atoms with van der Waals surface area (Å²) in [5.74, 6) is -0.166. The third-order valence-corrected chi connectivity index (χ3v) is 3.30. The lowest BCUT2D eigenvalue weighted by Gasteiger charge is -2.15. The molecule has 2 rings (SSSR count). The van der Waals surface area contributed by atoms with E-state index in [0.717, 1.165) is 23.2 Å². The molecule has 1 aromatic rings. The summed E-state index contributed by atoms with van der Waals surface area (Å²) in [6, 6.07) is 5.58. The molecule has 96 valence electrons. The Morgan fingerprint density at radius 1 is 1.50 bits per heavy atom. The van der Waals surface area contributed by atoms with Crippen LogP contribution in [-0.2, 0) is 16.0 Å². The Balaban J connectivity index is 2.14. The summed E-state index contributed by atoms with van der Waals surface area (Å²) in [5.41, 5.74) is 3.05. The molecule has 1 aliphatic rings. The Hall–Kier alpha value is -1.84. The van der Waals surface area contributed by atoms with Crippen molar-refractivity contribution in [3.05, 3.63) is 29.3 Å². The normalized spacial score (nSPS) is 18.6. The highest BCUT2D eigenvalue weighted by Gasteiger charge is 2.27. The molecule has 0 spiro atoms. The first-order valence-electron chi connectivity index (χ1n) is 6.30. The molecule has 1 fully saturated rings. The van der Waals surface area contributed by atoms with Crippen LogP contribution in [0.1, 0.15) is 30.9 Å². The summed E-state index contributed by atoms with van der Waals surface area (Å²) < 4.78 is 0. The first-order valence-corrected chi connectivity index (χ1v) is 6.30. The molecule has 4 nitrogen and oxygen atoms in total. The van der Waals surface area contributed by atoms with Gasteiger partial charge in [0.1, 0.15) is 6.04 Å². The zero-order valence-corrected chi connectivity index (χ0v) is 10.7. The quantitative estimate of drug-likeness (QED) is 0.854. The highest BCUT2D eigenvalue weighted by molar-refractivity contribution is 5.99. The van der Waals surface area contributed by atoms with Gasteiger partial charge in [-0.3, -0.25) is 9.59 Å². The van der Waals surface area contributed by atoms with Gasteiger partial charge in [-0.25, -0.2) is 0 Å². The maximum Gasteiger partial charge on any atom is 0.246 e. The van der Waals surface area contributed by atoms with Gasteiger partial charge in [0, 0.05) is 12.1 Å². The summed E-state index contributed by atoms with van der Waals surface area (Å²) >= 11 is 0. The number of para-hydroxylation sites is 1. The fourth-order valence-corrected chi connectivity index (χ4v) is 2.22. The number of rotatable bonds is 3. The lowest BCUT2D eigenvalue weighted by atomic mass is 10.1. The summed E-state index contributed by atoms with van der Waals surface area (Å²) in [5, 5.41) is 5.62. The molecular weight excluding hydrogens is 228 g/mol. The fourth-order valence-electron chi connectivity index (χ4n) is 2.22. The van der Waals surface area contributed by atoms with Gasteiger partial charge in [0.25, 0.3) is 0 Å². The molecule has 1 heterocycles. The summed E-state index contributed by atoms with van der Waals surface area (Å²) in [6.45, 7) is 4.03. The molecule has 1 aromatic carbocycles. The highest BCUT2D eigenvalue weighted by Crippen LogP contribution is 2.22. The monoisotopic (exact) mass is 246 g/mol. The first-order chi connectivity index (χ1) is 8.61. The van der Waals surface area contributed by atoms with E-state index in [2.05, 4.69) is 17.6 Å². The van der Waals surface area contributed by atoms with E-state index < -0.39 is 0 Å². The number of aryl methyl sites for hydroxylation is 2. The van der Waals surface area contributed by atoms with Gasteiger partial charge in [-0.1, -0.05) is 25.1 Å². The molecule has 18 heavy (non-hydrogen) atoms. The van der Waals surface area contributed by atoms with Gasteiger partial charge in [0.15, 0.2) is 0 Å². The summed E-state index contributed by atoms with van der Waals surface area (Å²) in [6.07, 6.45) is 1.89. The maximum atomic E-state index is 12.1. The van der Waals surface area contributed by atoms with Crippen LogP contribution < -0.4 is 10.6 Å². The second-order valence-electron chi connectivity index (χ2n) is 4.61. The van der Waals surface area contributed by atoms with Crippen molar-refractivity contribution in [3.8, 4) is 0 Å². The zero-order valence-electron chi connectivity index (χ0n) is 10.7. The third kappa shape index (κ3) is 2.53. The number of benzene rings is 1. The Morgan fingerprint density at radius 2 is 2.28 bits per heavy atom. The smallest absolute Gasteiger partial charge is 0.246 e. The molecule has 0 aromatic heterocycles. The predicted octanol–water partition coefficient (Wildman–Crippen LogP) is 1.77. The van der Waals surface area contributed by atoms with Gasteiger partial charge in [-0.2, -0.15) is 0 Å². The van der Waals surface area contributed by atoms with Crippen LogP contribution in [0.4, 0.5) is 5.69 Å². The first kappa shape index (κ1) is 12.6. The SMILES string of the molecule is CCc1cccc(C)c1NC(=O)C1CCC(=O)N1. The summed E-state index contributed by atoms with van der Waals surface area (Å²) in [7, 11) is 0. The predicted molar refractivity (Wildman–Crippen MR) is 70.4 cm³/mol. The number of anilines is 1. The van der Waals surface area contributed by atoms with Crippen molar-refractivity contribution < 1.29 is 9.59 Å². The number of hydrogen-bond donors (Lipinski definition) is 2. The number of carbonyl (C=O) groups is 2. The van der Waals surface area contributed by atoms with Crippen LogP contribution >= 0.6 is 0 Å². The maximum absolute atomic E-state index is 12.1. The zero-order chi connectivity index (χ0) is 13.1. The standard InChI is InChI=1S/C14H18N2O2/c1-3-10-6-4-5-9(2)13(10)16-14(18)11-7-8-12(17)15-11/h4-6,11H,3,7-8H2,1-2H3,(H,15,17)(H,16,18). The second kappa shape index (κ2) is 5.21. The molecule has 0 bridgehead atoms. The van der Waals surface area contributed by atoms with Crippen LogP contribution in [0.5, 0.6) is 0 Å². The van der Waals surface area contributed by atoms with E-state index in [0.29, 0.717) is 12.8 Å². The Labute approximate surface area is 107 Å². The minimum Gasteiger partial charge on any atom is -0.344 e. The van der Waals surface area contributed by atoms with Crippen molar-refractivity contribution in [1.29, 1.82) is 0 Å². The van der Waals surface area contributed by atoms with Crippen molar-refractivity contribution in [2.75, 3.05) is 5.32 Å². The molecule has 1 atom stereocenters. The molecule has 2 N–H and O–H groups in total. The largest absolute Gasteiger partial charge is 0.344 e. The second-order valence-corrected chi connectivity index (χ2v) is 4.61. The lowest BCUT2D eigenvalue weighted by molar-refractivity contribution is -0.122. The van der Waals surface area contributed by atoms with Crippen molar-refractivity contribution in [3.63, 3.8) is 0 Å². The van der Waals surface area contributed by atoms with Crippen LogP contribution in [-0.4, -0.2) is 17.9 Å². The Kier molecular flexibility index (Phi) is 3.65. The van der Waals surface area contributed by atoms with E-state index in [4.69, 9.17) is 0 Å². The minimum atomic E-state index is -0.387. The molecule has 2 amide bonds. The van der Waals surface area contributed by atoms with Crippen LogP contribution in [0.2, 0.25) is 0 Å². The average molecular weight is 246 g/mol. The lowest BCUT2D eigenvalue weighted by Crippen LogP contribution is -2.37. The van der Waals surface area contributed by atoms with E-state index in [9.17, 15) is 9.59 Å². The molecule has 1 unspecified atom stereocenters. The average Bonchev–Trinajstić information content (AvgIpc) is 2.78. The molecule has 0 saturated carbocycles. The number of hydrogen-bond acceptors (Lipinski definition) is 2. The number of carbonyl (C=O) groups excluding carboxylic acids is 2. The molecule has 0 aliphatic carbocycles. The van der Waals surface area contributed by atoms with Crippen molar-refractivity contribution in [1.82, 2.24) is 5.32 Å². The number of nitrogens with one attached hydrogen (secondary N) is 2.